The maximum atomic E-state index is 9.70. The van der Waals surface area contributed by atoms with E-state index in [-0.39, 0.29) is 12.1 Å². The molecule has 0 saturated heterocycles. The first-order valence-electron chi connectivity index (χ1n) is 11.5. The molecule has 8 heteroatoms. The van der Waals surface area contributed by atoms with Crippen molar-refractivity contribution in [3.8, 4) is 6.07 Å². The lowest BCUT2D eigenvalue weighted by Crippen LogP contribution is -2.41. The fraction of sp³-hybridized carbons (Fsp3) is 0.308. The molecule has 0 spiro atoms. The molecule has 4 N–H and O–H groups in total. The normalized spacial score (nSPS) is 15.0. The standard InChI is InChI=1S/C26H30ClN7/c1-5-17(4)30-24-19(13-28)14-29-26-21(24)11-20(12-22(26)27)31-25(18-9-7-6-8-10-18)23-15-34(16(2)3)33-32-23/h6-12,14-17,25,31-33H,5H2,1-4H3,(H,29,30)/t17-,25+/m1/s1. The third-order valence-corrected chi connectivity index (χ3v) is 6.26. The van der Waals surface area contributed by atoms with Crippen molar-refractivity contribution in [2.24, 2.45) is 0 Å². The van der Waals surface area contributed by atoms with Gasteiger partial charge >= 0.3 is 0 Å². The van der Waals surface area contributed by atoms with Crippen molar-refractivity contribution < 1.29 is 0 Å². The molecule has 0 amide bonds. The zero-order valence-corrected chi connectivity index (χ0v) is 20.6. The van der Waals surface area contributed by atoms with Crippen LogP contribution in [-0.4, -0.2) is 22.1 Å². The molecule has 0 unspecified atom stereocenters. The Balaban J connectivity index is 1.79. The molecule has 3 aromatic rings. The minimum Gasteiger partial charge on any atom is -0.381 e. The number of fused-ring (bicyclic) bond motifs is 1. The number of halogens is 1. The van der Waals surface area contributed by atoms with Gasteiger partial charge in [0.2, 0.25) is 0 Å². The quantitative estimate of drug-likeness (QED) is 0.332. The second kappa shape index (κ2) is 10.2. The molecular weight excluding hydrogens is 446 g/mol. The van der Waals surface area contributed by atoms with Gasteiger partial charge in [0.25, 0.3) is 0 Å². The molecule has 2 heterocycles. The largest absolute Gasteiger partial charge is 0.381 e. The van der Waals surface area contributed by atoms with Crippen LogP contribution in [0.5, 0.6) is 0 Å². The zero-order valence-electron chi connectivity index (χ0n) is 19.9. The van der Waals surface area contributed by atoms with Crippen LogP contribution in [0.25, 0.3) is 10.9 Å². The molecule has 7 nitrogen and oxygen atoms in total. The number of aromatic nitrogens is 1. The summed E-state index contributed by atoms with van der Waals surface area (Å²) in [4.78, 5) is 4.47. The minimum absolute atomic E-state index is 0.149. The number of hydrazine groups is 2. The summed E-state index contributed by atoms with van der Waals surface area (Å²) in [6.07, 6.45) is 4.58. The molecule has 0 fully saturated rings. The number of anilines is 2. The fourth-order valence-corrected chi connectivity index (χ4v) is 4.12. The molecule has 34 heavy (non-hydrogen) atoms. The van der Waals surface area contributed by atoms with Crippen molar-refractivity contribution in [2.45, 2.75) is 52.2 Å². The maximum absolute atomic E-state index is 9.70. The van der Waals surface area contributed by atoms with Gasteiger partial charge in [-0.05, 0) is 44.9 Å². The Labute approximate surface area is 205 Å². The topological polar surface area (TPSA) is 88.0 Å². The number of pyridine rings is 1. The summed E-state index contributed by atoms with van der Waals surface area (Å²) in [7, 11) is 0. The highest BCUT2D eigenvalue weighted by Crippen LogP contribution is 2.36. The second-order valence-electron chi connectivity index (χ2n) is 8.78. The number of rotatable bonds is 8. The summed E-state index contributed by atoms with van der Waals surface area (Å²) in [5.74, 6) is 0. The van der Waals surface area contributed by atoms with E-state index < -0.39 is 0 Å². The Hall–Kier alpha value is -3.47. The summed E-state index contributed by atoms with van der Waals surface area (Å²) in [6.45, 7) is 8.43. The summed E-state index contributed by atoms with van der Waals surface area (Å²) >= 11 is 6.69. The van der Waals surface area contributed by atoms with Gasteiger partial charge in [-0.1, -0.05) is 48.9 Å². The van der Waals surface area contributed by atoms with E-state index in [0.717, 1.165) is 34.4 Å². The number of benzene rings is 2. The number of nitriles is 1. The minimum atomic E-state index is -0.149. The van der Waals surface area contributed by atoms with Crippen LogP contribution in [-0.2, 0) is 0 Å². The Morgan fingerprint density at radius 2 is 1.91 bits per heavy atom. The maximum Gasteiger partial charge on any atom is 0.103 e. The molecule has 0 saturated carbocycles. The highest BCUT2D eigenvalue weighted by Gasteiger charge is 2.24. The van der Waals surface area contributed by atoms with Crippen molar-refractivity contribution in [1.82, 2.24) is 21.0 Å². The summed E-state index contributed by atoms with van der Waals surface area (Å²) in [6, 6.07) is 16.7. The van der Waals surface area contributed by atoms with Gasteiger partial charge < -0.3 is 16.1 Å². The molecule has 1 aromatic heterocycles. The summed E-state index contributed by atoms with van der Waals surface area (Å²) in [5, 5.41) is 20.2. The molecular formula is C26H30ClN7. The van der Waals surface area contributed by atoms with Crippen LogP contribution in [0, 0.1) is 11.3 Å². The monoisotopic (exact) mass is 475 g/mol. The van der Waals surface area contributed by atoms with E-state index in [1.807, 2.05) is 35.3 Å². The van der Waals surface area contributed by atoms with E-state index in [4.69, 9.17) is 11.6 Å². The van der Waals surface area contributed by atoms with Crippen molar-refractivity contribution in [3.05, 3.63) is 76.7 Å². The van der Waals surface area contributed by atoms with Crippen molar-refractivity contribution in [3.63, 3.8) is 0 Å². The van der Waals surface area contributed by atoms with Crippen molar-refractivity contribution in [1.29, 1.82) is 5.26 Å². The van der Waals surface area contributed by atoms with E-state index in [1.54, 1.807) is 6.20 Å². The molecule has 4 rings (SSSR count). The summed E-state index contributed by atoms with van der Waals surface area (Å²) in [5.41, 5.74) is 11.3. The highest BCUT2D eigenvalue weighted by atomic mass is 35.5. The number of hydrogen-bond acceptors (Lipinski definition) is 7. The number of nitrogens with one attached hydrogen (secondary N) is 4. The Morgan fingerprint density at radius 1 is 1.15 bits per heavy atom. The second-order valence-corrected chi connectivity index (χ2v) is 9.18. The summed E-state index contributed by atoms with van der Waals surface area (Å²) < 4.78 is 0. The van der Waals surface area contributed by atoms with Crippen LogP contribution in [0.1, 0.15) is 51.3 Å². The van der Waals surface area contributed by atoms with Crippen molar-refractivity contribution in [2.75, 3.05) is 10.6 Å². The Kier molecular flexibility index (Phi) is 7.11. The van der Waals surface area contributed by atoms with E-state index in [0.29, 0.717) is 22.1 Å². The molecule has 2 atom stereocenters. The molecule has 1 aliphatic rings. The van der Waals surface area contributed by atoms with Gasteiger partial charge in [-0.2, -0.15) is 5.26 Å². The smallest absolute Gasteiger partial charge is 0.103 e. The third-order valence-electron chi connectivity index (χ3n) is 5.97. The zero-order chi connectivity index (χ0) is 24.2. The van der Waals surface area contributed by atoms with Gasteiger partial charge in [-0.25, -0.2) is 0 Å². The molecule has 176 valence electrons. The van der Waals surface area contributed by atoms with Gasteiger partial charge in [-0.3, -0.25) is 9.99 Å². The van der Waals surface area contributed by atoms with Gasteiger partial charge in [-0.15, -0.1) is 5.53 Å². The van der Waals surface area contributed by atoms with Gasteiger partial charge in [0.1, 0.15) is 6.07 Å². The van der Waals surface area contributed by atoms with Crippen molar-refractivity contribution >= 4 is 33.9 Å². The lowest BCUT2D eigenvalue weighted by molar-refractivity contribution is 0.221. The first kappa shape index (κ1) is 23.7. The Bertz CT molecular complexity index is 1230. The molecule has 1 aliphatic heterocycles. The Morgan fingerprint density at radius 3 is 2.56 bits per heavy atom. The average Bonchev–Trinajstić information content (AvgIpc) is 3.34. The molecule has 2 aromatic carbocycles. The lowest BCUT2D eigenvalue weighted by Gasteiger charge is -2.23. The first-order valence-corrected chi connectivity index (χ1v) is 11.9. The number of hydrogen-bond donors (Lipinski definition) is 4. The van der Waals surface area contributed by atoms with Crippen LogP contribution in [0.3, 0.4) is 0 Å². The van der Waals surface area contributed by atoms with E-state index in [1.165, 1.54) is 0 Å². The fourth-order valence-electron chi connectivity index (χ4n) is 3.85. The van der Waals surface area contributed by atoms with Crippen LogP contribution in [0.4, 0.5) is 11.4 Å². The molecule has 0 radical (unpaired) electrons. The third kappa shape index (κ3) is 4.89. The van der Waals surface area contributed by atoms with E-state index >= 15 is 0 Å². The molecule has 0 aliphatic carbocycles. The predicted molar refractivity (Wildman–Crippen MR) is 139 cm³/mol. The average molecular weight is 476 g/mol. The SMILES string of the molecule is CC[C@@H](C)Nc1c(C#N)cnc2c(Cl)cc(N[C@H](C3=CN(C(C)C)NN3)c3ccccc3)cc12. The van der Waals surface area contributed by atoms with Crippen LogP contribution >= 0.6 is 11.6 Å². The van der Waals surface area contributed by atoms with E-state index in [2.05, 4.69) is 78.7 Å². The van der Waals surface area contributed by atoms with Crippen LogP contribution in [0.2, 0.25) is 5.02 Å². The van der Waals surface area contributed by atoms with Crippen LogP contribution < -0.4 is 21.6 Å². The predicted octanol–water partition coefficient (Wildman–Crippen LogP) is 5.70. The lowest BCUT2D eigenvalue weighted by atomic mass is 10.0. The van der Waals surface area contributed by atoms with Gasteiger partial charge in [0.05, 0.1) is 33.5 Å². The number of nitrogens with zero attached hydrogens (tertiary/aromatic N) is 3. The van der Waals surface area contributed by atoms with Crippen LogP contribution in [0.15, 0.2) is 60.6 Å². The first-order chi connectivity index (χ1) is 16.4. The van der Waals surface area contributed by atoms with Gasteiger partial charge in [0, 0.05) is 35.6 Å². The highest BCUT2D eigenvalue weighted by molar-refractivity contribution is 6.35. The molecule has 0 bridgehead atoms. The van der Waals surface area contributed by atoms with E-state index in [9.17, 15) is 5.26 Å². The van der Waals surface area contributed by atoms with Gasteiger partial charge in [0.15, 0.2) is 0 Å².